The Bertz CT molecular complexity index is 729. The molecule has 0 bridgehead atoms. The maximum Gasteiger partial charge on any atom is 0.222 e. The quantitative estimate of drug-likeness (QED) is 0.887. The highest BCUT2D eigenvalue weighted by molar-refractivity contribution is 5.78. The first kappa shape index (κ1) is 16.4. The first-order valence-corrected chi connectivity index (χ1v) is 8.58. The van der Waals surface area contributed by atoms with Crippen molar-refractivity contribution in [3.63, 3.8) is 0 Å². The molecule has 126 valence electrons. The predicted octanol–water partition coefficient (Wildman–Crippen LogP) is 3.08. The maximum atomic E-state index is 11.9. The number of aromatic nitrogens is 2. The van der Waals surface area contributed by atoms with E-state index in [9.17, 15) is 4.79 Å². The number of amides is 1. The fourth-order valence-corrected chi connectivity index (χ4v) is 3.05. The summed E-state index contributed by atoms with van der Waals surface area (Å²) in [4.78, 5) is 22.6. The van der Waals surface area contributed by atoms with Gasteiger partial charge in [0.25, 0.3) is 0 Å². The number of benzene rings is 1. The van der Waals surface area contributed by atoms with Gasteiger partial charge in [0.15, 0.2) is 0 Å². The third-order valence-electron chi connectivity index (χ3n) is 4.46. The van der Waals surface area contributed by atoms with Crippen LogP contribution in [0, 0.1) is 6.92 Å². The second-order valence-corrected chi connectivity index (χ2v) is 6.19. The Kier molecular flexibility index (Phi) is 5.08. The van der Waals surface area contributed by atoms with Gasteiger partial charge in [0, 0.05) is 37.8 Å². The third kappa shape index (κ3) is 3.72. The molecule has 0 radical (unpaired) electrons. The van der Waals surface area contributed by atoms with Crippen molar-refractivity contribution in [2.45, 2.75) is 46.2 Å². The van der Waals surface area contributed by atoms with Crippen molar-refractivity contribution in [3.05, 3.63) is 53.0 Å². The molecule has 2 aromatic rings. The van der Waals surface area contributed by atoms with Crippen molar-refractivity contribution in [1.82, 2.24) is 14.9 Å². The van der Waals surface area contributed by atoms with E-state index in [0.717, 1.165) is 36.6 Å². The second kappa shape index (κ2) is 7.43. The van der Waals surface area contributed by atoms with E-state index in [2.05, 4.69) is 34.3 Å². The Morgan fingerprint density at radius 2 is 2.00 bits per heavy atom. The topological polar surface area (TPSA) is 58.1 Å². The van der Waals surface area contributed by atoms with Gasteiger partial charge in [-0.2, -0.15) is 0 Å². The van der Waals surface area contributed by atoms with E-state index in [-0.39, 0.29) is 5.91 Å². The number of carbonyl (C=O) groups excluding carboxylic acids is 1. The van der Waals surface area contributed by atoms with Crippen LogP contribution < -0.4 is 5.32 Å². The SMILES string of the molecule is CCc1cnc(C)nc1NCc1ccccc1CN1CCCC1=O. The lowest BCUT2D eigenvalue weighted by Crippen LogP contribution is -2.24. The molecule has 1 amide bonds. The lowest BCUT2D eigenvalue weighted by Gasteiger charge is -2.19. The van der Waals surface area contributed by atoms with E-state index in [1.54, 1.807) is 0 Å². The van der Waals surface area contributed by atoms with Crippen LogP contribution in [-0.4, -0.2) is 27.3 Å². The Morgan fingerprint density at radius 3 is 2.71 bits per heavy atom. The number of nitrogens with one attached hydrogen (secondary N) is 1. The number of hydrogen-bond acceptors (Lipinski definition) is 4. The molecule has 5 nitrogen and oxygen atoms in total. The molecule has 1 fully saturated rings. The van der Waals surface area contributed by atoms with Gasteiger partial charge in [-0.1, -0.05) is 31.2 Å². The number of carbonyl (C=O) groups is 1. The number of anilines is 1. The molecular formula is C19H24N4O. The van der Waals surface area contributed by atoms with Crippen LogP contribution in [-0.2, 0) is 24.3 Å². The average molecular weight is 324 g/mol. The van der Waals surface area contributed by atoms with Gasteiger partial charge in [-0.3, -0.25) is 4.79 Å². The number of aryl methyl sites for hydroxylation is 2. The van der Waals surface area contributed by atoms with E-state index < -0.39 is 0 Å². The minimum atomic E-state index is 0.262. The molecule has 1 saturated heterocycles. The summed E-state index contributed by atoms with van der Waals surface area (Å²) in [5.74, 6) is 1.93. The molecule has 0 aliphatic carbocycles. The molecule has 0 atom stereocenters. The Balaban J connectivity index is 1.74. The van der Waals surface area contributed by atoms with Crippen LogP contribution in [0.1, 0.15) is 42.3 Å². The molecule has 5 heteroatoms. The van der Waals surface area contributed by atoms with Crippen LogP contribution in [0.15, 0.2) is 30.5 Å². The van der Waals surface area contributed by atoms with Crippen LogP contribution in [0.2, 0.25) is 0 Å². The van der Waals surface area contributed by atoms with Crippen molar-refractivity contribution in [3.8, 4) is 0 Å². The molecule has 1 aliphatic heterocycles. The van der Waals surface area contributed by atoms with Gasteiger partial charge in [-0.15, -0.1) is 0 Å². The molecule has 1 aromatic carbocycles. The highest BCUT2D eigenvalue weighted by Crippen LogP contribution is 2.19. The van der Waals surface area contributed by atoms with Crippen molar-refractivity contribution in [1.29, 1.82) is 0 Å². The van der Waals surface area contributed by atoms with Crippen molar-refractivity contribution < 1.29 is 4.79 Å². The van der Waals surface area contributed by atoms with E-state index >= 15 is 0 Å². The molecule has 0 saturated carbocycles. The van der Waals surface area contributed by atoms with Crippen molar-refractivity contribution in [2.24, 2.45) is 0 Å². The number of hydrogen-bond donors (Lipinski definition) is 1. The van der Waals surface area contributed by atoms with E-state index in [1.807, 2.05) is 30.2 Å². The summed E-state index contributed by atoms with van der Waals surface area (Å²) in [7, 11) is 0. The first-order chi connectivity index (χ1) is 11.7. The minimum absolute atomic E-state index is 0.262. The van der Waals surface area contributed by atoms with Gasteiger partial charge in [-0.05, 0) is 30.9 Å². The Hall–Kier alpha value is -2.43. The normalized spacial score (nSPS) is 14.2. The van der Waals surface area contributed by atoms with Gasteiger partial charge >= 0.3 is 0 Å². The number of likely N-dealkylation sites (tertiary alicyclic amines) is 1. The monoisotopic (exact) mass is 324 g/mol. The third-order valence-corrected chi connectivity index (χ3v) is 4.46. The summed E-state index contributed by atoms with van der Waals surface area (Å²) >= 11 is 0. The highest BCUT2D eigenvalue weighted by atomic mass is 16.2. The molecule has 2 heterocycles. The van der Waals surface area contributed by atoms with E-state index in [1.165, 1.54) is 11.1 Å². The van der Waals surface area contributed by atoms with Gasteiger partial charge in [-0.25, -0.2) is 9.97 Å². The summed E-state index contributed by atoms with van der Waals surface area (Å²) in [5, 5.41) is 3.44. The van der Waals surface area contributed by atoms with Crippen molar-refractivity contribution >= 4 is 11.7 Å². The predicted molar refractivity (Wildman–Crippen MR) is 94.6 cm³/mol. The number of nitrogens with zero attached hydrogens (tertiary/aromatic N) is 3. The molecule has 1 aliphatic rings. The highest BCUT2D eigenvalue weighted by Gasteiger charge is 2.20. The summed E-state index contributed by atoms with van der Waals surface area (Å²) in [5.41, 5.74) is 3.52. The first-order valence-electron chi connectivity index (χ1n) is 8.58. The molecule has 24 heavy (non-hydrogen) atoms. The molecule has 3 rings (SSSR count). The molecule has 0 unspecified atom stereocenters. The average Bonchev–Trinajstić information content (AvgIpc) is 2.99. The molecular weight excluding hydrogens is 300 g/mol. The van der Waals surface area contributed by atoms with E-state index in [4.69, 9.17) is 0 Å². The molecule has 0 spiro atoms. The minimum Gasteiger partial charge on any atom is -0.366 e. The largest absolute Gasteiger partial charge is 0.366 e. The lowest BCUT2D eigenvalue weighted by atomic mass is 10.1. The van der Waals surface area contributed by atoms with E-state index in [0.29, 0.717) is 19.5 Å². The van der Waals surface area contributed by atoms with Gasteiger partial charge in [0.05, 0.1) is 0 Å². The van der Waals surface area contributed by atoms with Gasteiger partial charge < -0.3 is 10.2 Å². The summed E-state index contributed by atoms with van der Waals surface area (Å²) in [6.45, 7) is 6.26. The smallest absolute Gasteiger partial charge is 0.222 e. The van der Waals surface area contributed by atoms with Crippen LogP contribution in [0.4, 0.5) is 5.82 Å². The zero-order chi connectivity index (χ0) is 16.9. The summed E-state index contributed by atoms with van der Waals surface area (Å²) in [6.07, 6.45) is 4.44. The standard InChI is InChI=1S/C19H24N4O/c1-3-15-11-20-14(2)22-19(15)21-12-16-7-4-5-8-17(16)13-23-10-6-9-18(23)24/h4-5,7-8,11H,3,6,9-10,12-13H2,1-2H3,(H,20,21,22). The molecule has 1 N–H and O–H groups in total. The second-order valence-electron chi connectivity index (χ2n) is 6.19. The zero-order valence-corrected chi connectivity index (χ0v) is 14.4. The van der Waals surface area contributed by atoms with Gasteiger partial charge in [0.2, 0.25) is 5.91 Å². The lowest BCUT2D eigenvalue weighted by molar-refractivity contribution is -0.128. The fourth-order valence-electron chi connectivity index (χ4n) is 3.05. The van der Waals surface area contributed by atoms with Crippen LogP contribution in [0.25, 0.3) is 0 Å². The number of rotatable bonds is 6. The van der Waals surface area contributed by atoms with Crippen molar-refractivity contribution in [2.75, 3.05) is 11.9 Å². The molecule has 1 aromatic heterocycles. The Morgan fingerprint density at radius 1 is 1.21 bits per heavy atom. The maximum absolute atomic E-state index is 11.9. The van der Waals surface area contributed by atoms with Crippen LogP contribution in [0.5, 0.6) is 0 Å². The van der Waals surface area contributed by atoms with Gasteiger partial charge in [0.1, 0.15) is 11.6 Å². The Labute approximate surface area is 143 Å². The van der Waals surface area contributed by atoms with Crippen LogP contribution in [0.3, 0.4) is 0 Å². The zero-order valence-electron chi connectivity index (χ0n) is 14.4. The van der Waals surface area contributed by atoms with Crippen LogP contribution >= 0.6 is 0 Å². The summed E-state index contributed by atoms with van der Waals surface area (Å²) in [6, 6.07) is 8.29. The fraction of sp³-hybridized carbons (Fsp3) is 0.421. The summed E-state index contributed by atoms with van der Waals surface area (Å²) < 4.78 is 0.